The minimum atomic E-state index is -0.815. The van der Waals surface area contributed by atoms with Gasteiger partial charge in [-0.25, -0.2) is 4.79 Å². The topological polar surface area (TPSA) is 82.1 Å². The summed E-state index contributed by atoms with van der Waals surface area (Å²) in [5, 5.41) is 11.8. The highest BCUT2D eigenvalue weighted by Crippen LogP contribution is 2.12. The van der Waals surface area contributed by atoms with Crippen LogP contribution in [0, 0.1) is 5.92 Å². The van der Waals surface area contributed by atoms with Crippen LogP contribution in [0.2, 0.25) is 0 Å². The Morgan fingerprint density at radius 2 is 2.05 bits per heavy atom. The fourth-order valence-corrected chi connectivity index (χ4v) is 2.84. The minimum Gasteiger partial charge on any atom is -0.480 e. The molecule has 0 radical (unpaired) electrons. The Kier molecular flexibility index (Phi) is 6.25. The first kappa shape index (κ1) is 16.0. The van der Waals surface area contributed by atoms with Crippen LogP contribution in [0.3, 0.4) is 0 Å². The molecule has 0 aliphatic carbocycles. The molecule has 2 aliphatic heterocycles. The van der Waals surface area contributed by atoms with Gasteiger partial charge in [-0.2, -0.15) is 0 Å². The minimum absolute atomic E-state index is 0.0438. The highest BCUT2D eigenvalue weighted by Gasteiger charge is 2.21. The van der Waals surface area contributed by atoms with Crippen molar-refractivity contribution >= 4 is 12.0 Å². The van der Waals surface area contributed by atoms with E-state index in [0.29, 0.717) is 32.1 Å². The van der Waals surface area contributed by atoms with E-state index < -0.39 is 5.97 Å². The summed E-state index contributed by atoms with van der Waals surface area (Å²) in [7, 11) is 0. The molecule has 2 saturated heterocycles. The smallest absolute Gasteiger partial charge is 0.317 e. The lowest BCUT2D eigenvalue weighted by atomic mass is 10.0. The molecule has 2 fully saturated rings. The van der Waals surface area contributed by atoms with Crippen LogP contribution in [0.4, 0.5) is 4.79 Å². The zero-order valence-corrected chi connectivity index (χ0v) is 12.4. The van der Waals surface area contributed by atoms with E-state index in [1.807, 2.05) is 4.90 Å². The Hall–Kier alpha value is -1.34. The lowest BCUT2D eigenvalue weighted by molar-refractivity contribution is -0.138. The van der Waals surface area contributed by atoms with Gasteiger partial charge in [0.25, 0.3) is 0 Å². The number of ether oxygens (including phenoxy) is 1. The average molecular weight is 299 g/mol. The quantitative estimate of drug-likeness (QED) is 0.776. The van der Waals surface area contributed by atoms with Crippen molar-refractivity contribution in [2.45, 2.75) is 19.3 Å². The molecule has 7 heteroatoms. The largest absolute Gasteiger partial charge is 0.480 e. The number of hydrogen-bond donors (Lipinski definition) is 2. The molecule has 21 heavy (non-hydrogen) atoms. The van der Waals surface area contributed by atoms with E-state index in [1.54, 1.807) is 4.90 Å². The number of carbonyl (C=O) groups is 2. The van der Waals surface area contributed by atoms with Gasteiger partial charge >= 0.3 is 12.0 Å². The summed E-state index contributed by atoms with van der Waals surface area (Å²) in [4.78, 5) is 26.6. The average Bonchev–Trinajstić information content (AvgIpc) is 2.71. The highest BCUT2D eigenvalue weighted by atomic mass is 16.5. The van der Waals surface area contributed by atoms with Crippen molar-refractivity contribution in [2.75, 3.05) is 52.5 Å². The van der Waals surface area contributed by atoms with Crippen LogP contribution in [-0.2, 0) is 9.53 Å². The van der Waals surface area contributed by atoms with Crippen molar-refractivity contribution < 1.29 is 19.4 Å². The first-order chi connectivity index (χ1) is 10.1. The standard InChI is InChI=1S/C14H25N3O4/c18-13(19)10-16-4-2-5-17(7-6-16)14(20)15-9-12-3-1-8-21-11-12/h12H,1-11H2,(H,15,20)(H,18,19). The van der Waals surface area contributed by atoms with E-state index >= 15 is 0 Å². The predicted octanol–water partition coefficient (Wildman–Crippen LogP) is 0.215. The van der Waals surface area contributed by atoms with Crippen LogP contribution < -0.4 is 5.32 Å². The van der Waals surface area contributed by atoms with Crippen molar-refractivity contribution in [3.63, 3.8) is 0 Å². The molecule has 120 valence electrons. The van der Waals surface area contributed by atoms with E-state index in [1.165, 1.54) is 0 Å². The number of aliphatic carboxylic acids is 1. The Labute approximate surface area is 125 Å². The van der Waals surface area contributed by atoms with Crippen LogP contribution in [0.25, 0.3) is 0 Å². The Morgan fingerprint density at radius 3 is 2.76 bits per heavy atom. The van der Waals surface area contributed by atoms with Crippen molar-refractivity contribution in [3.8, 4) is 0 Å². The molecule has 0 spiro atoms. The van der Waals surface area contributed by atoms with E-state index in [-0.39, 0.29) is 12.6 Å². The van der Waals surface area contributed by atoms with Crippen LogP contribution in [0.15, 0.2) is 0 Å². The predicted molar refractivity (Wildman–Crippen MR) is 77.2 cm³/mol. The number of urea groups is 1. The number of amides is 2. The van der Waals surface area contributed by atoms with Crippen LogP contribution >= 0.6 is 0 Å². The van der Waals surface area contributed by atoms with Crippen LogP contribution in [0.1, 0.15) is 19.3 Å². The number of hydrogen-bond acceptors (Lipinski definition) is 4. The molecule has 2 rings (SSSR count). The number of carboxylic acid groups (broad SMARTS) is 1. The molecule has 0 aromatic carbocycles. The summed E-state index contributed by atoms with van der Waals surface area (Å²) in [6.45, 7) is 4.88. The van der Waals surface area contributed by atoms with Gasteiger partial charge in [-0.15, -0.1) is 0 Å². The van der Waals surface area contributed by atoms with Gasteiger partial charge in [0.2, 0.25) is 0 Å². The zero-order chi connectivity index (χ0) is 15.1. The molecule has 2 N–H and O–H groups in total. The van der Waals surface area contributed by atoms with Crippen molar-refractivity contribution in [1.82, 2.24) is 15.1 Å². The second kappa shape index (κ2) is 8.19. The summed E-state index contributed by atoms with van der Waals surface area (Å²) in [5.74, 6) is -0.400. The van der Waals surface area contributed by atoms with Crippen molar-refractivity contribution in [1.29, 1.82) is 0 Å². The second-order valence-corrected chi connectivity index (χ2v) is 5.78. The first-order valence-corrected chi connectivity index (χ1v) is 7.70. The maximum absolute atomic E-state index is 12.2. The fraction of sp³-hybridized carbons (Fsp3) is 0.857. The van der Waals surface area contributed by atoms with Crippen LogP contribution in [-0.4, -0.2) is 79.4 Å². The third kappa shape index (κ3) is 5.51. The lowest BCUT2D eigenvalue weighted by Gasteiger charge is -2.25. The van der Waals surface area contributed by atoms with Gasteiger partial charge in [0, 0.05) is 39.3 Å². The molecule has 0 aromatic rings. The van der Waals surface area contributed by atoms with Crippen LogP contribution in [0.5, 0.6) is 0 Å². The van der Waals surface area contributed by atoms with E-state index in [4.69, 9.17) is 9.84 Å². The molecule has 0 bridgehead atoms. The Morgan fingerprint density at radius 1 is 1.19 bits per heavy atom. The number of nitrogens with zero attached hydrogens (tertiary/aromatic N) is 2. The number of carbonyl (C=O) groups excluding carboxylic acids is 1. The molecule has 1 unspecified atom stereocenters. The van der Waals surface area contributed by atoms with E-state index in [9.17, 15) is 9.59 Å². The Bertz CT molecular complexity index is 358. The molecular formula is C14H25N3O4. The van der Waals surface area contributed by atoms with Crippen molar-refractivity contribution in [2.24, 2.45) is 5.92 Å². The molecule has 0 saturated carbocycles. The molecule has 2 amide bonds. The maximum Gasteiger partial charge on any atom is 0.317 e. The third-order valence-corrected chi connectivity index (χ3v) is 4.03. The summed E-state index contributed by atoms with van der Waals surface area (Å²) in [5.41, 5.74) is 0. The molecular weight excluding hydrogens is 274 g/mol. The summed E-state index contributed by atoms with van der Waals surface area (Å²) >= 11 is 0. The van der Waals surface area contributed by atoms with E-state index in [0.717, 1.165) is 39.0 Å². The summed E-state index contributed by atoms with van der Waals surface area (Å²) in [6.07, 6.45) is 2.98. The summed E-state index contributed by atoms with van der Waals surface area (Å²) in [6, 6.07) is -0.0438. The van der Waals surface area contributed by atoms with E-state index in [2.05, 4.69) is 5.32 Å². The SMILES string of the molecule is O=C(O)CN1CCCN(C(=O)NCC2CCCOC2)CC1. The van der Waals surface area contributed by atoms with Gasteiger partial charge < -0.3 is 20.1 Å². The monoisotopic (exact) mass is 299 g/mol. The normalized spacial score (nSPS) is 24.4. The molecule has 7 nitrogen and oxygen atoms in total. The van der Waals surface area contributed by atoms with Gasteiger partial charge in [0.1, 0.15) is 0 Å². The third-order valence-electron chi connectivity index (χ3n) is 4.03. The van der Waals surface area contributed by atoms with Gasteiger partial charge in [-0.1, -0.05) is 0 Å². The number of rotatable bonds is 4. The van der Waals surface area contributed by atoms with Gasteiger partial charge in [0.05, 0.1) is 13.2 Å². The number of carboxylic acids is 1. The maximum atomic E-state index is 12.2. The zero-order valence-electron chi connectivity index (χ0n) is 12.4. The van der Waals surface area contributed by atoms with Gasteiger partial charge in [-0.05, 0) is 25.2 Å². The van der Waals surface area contributed by atoms with Gasteiger partial charge in [-0.3, -0.25) is 9.69 Å². The molecule has 0 aromatic heterocycles. The fourth-order valence-electron chi connectivity index (χ4n) is 2.84. The molecule has 2 aliphatic rings. The Balaban J connectivity index is 1.70. The lowest BCUT2D eigenvalue weighted by Crippen LogP contribution is -2.44. The molecule has 1 atom stereocenters. The first-order valence-electron chi connectivity index (χ1n) is 7.70. The molecule has 2 heterocycles. The second-order valence-electron chi connectivity index (χ2n) is 5.78. The summed E-state index contributed by atoms with van der Waals surface area (Å²) < 4.78 is 5.40. The van der Waals surface area contributed by atoms with Gasteiger partial charge in [0.15, 0.2) is 0 Å². The number of nitrogens with one attached hydrogen (secondary N) is 1. The highest BCUT2D eigenvalue weighted by molar-refractivity contribution is 5.74. The van der Waals surface area contributed by atoms with Crippen molar-refractivity contribution in [3.05, 3.63) is 0 Å².